The Morgan fingerprint density at radius 2 is 1.80 bits per heavy atom. The van der Waals surface area contributed by atoms with E-state index in [9.17, 15) is 18.8 Å². The van der Waals surface area contributed by atoms with E-state index in [1.165, 1.54) is 29.2 Å². The highest BCUT2D eigenvalue weighted by atomic mass is 19.1. The molecule has 7 heteroatoms. The van der Waals surface area contributed by atoms with Crippen LogP contribution in [0.5, 0.6) is 0 Å². The van der Waals surface area contributed by atoms with Gasteiger partial charge in [-0.15, -0.1) is 0 Å². The number of nitrogens with one attached hydrogen (secondary N) is 1. The second kappa shape index (κ2) is 7.63. The number of hydrogen-bond acceptors (Lipinski definition) is 4. The van der Waals surface area contributed by atoms with Gasteiger partial charge >= 0.3 is 5.97 Å². The number of amides is 2. The zero-order valence-corrected chi connectivity index (χ0v) is 14.7. The minimum atomic E-state index is -0.622. The van der Waals surface area contributed by atoms with Crippen molar-refractivity contribution in [2.24, 2.45) is 5.92 Å². The number of rotatable bonds is 6. The van der Waals surface area contributed by atoms with E-state index in [-0.39, 0.29) is 25.0 Å². The van der Waals surface area contributed by atoms with Gasteiger partial charge in [-0.05, 0) is 57.9 Å². The van der Waals surface area contributed by atoms with Gasteiger partial charge in [0.25, 0.3) is 5.91 Å². The maximum Gasteiger partial charge on any atom is 0.309 e. The predicted octanol–water partition coefficient (Wildman–Crippen LogP) is 2.34. The molecule has 0 unspecified atom stereocenters. The molecule has 0 saturated heterocycles. The molecule has 2 amide bonds. The van der Waals surface area contributed by atoms with E-state index in [1.807, 2.05) is 0 Å². The van der Waals surface area contributed by atoms with Crippen LogP contribution in [-0.2, 0) is 19.1 Å². The van der Waals surface area contributed by atoms with Gasteiger partial charge in [0.2, 0.25) is 5.91 Å². The van der Waals surface area contributed by atoms with E-state index in [0.717, 1.165) is 12.8 Å². The maximum atomic E-state index is 12.9. The largest absolute Gasteiger partial charge is 0.455 e. The third kappa shape index (κ3) is 5.85. The summed E-state index contributed by atoms with van der Waals surface area (Å²) in [5.41, 5.74) is -0.184. The van der Waals surface area contributed by atoms with Gasteiger partial charge in [-0.2, -0.15) is 0 Å². The SMILES string of the molecule is CC(C)(C)N(CC(=O)Nc1ccc(F)cc1)C(=O)COC(=O)C1CC1. The molecule has 1 fully saturated rings. The molecule has 2 rings (SSSR count). The molecule has 1 saturated carbocycles. The van der Waals surface area contributed by atoms with Crippen molar-refractivity contribution in [3.63, 3.8) is 0 Å². The summed E-state index contributed by atoms with van der Waals surface area (Å²) in [6.45, 7) is 4.80. The third-order valence-electron chi connectivity index (χ3n) is 3.79. The number of anilines is 1. The Bertz CT molecular complexity index is 648. The van der Waals surface area contributed by atoms with Gasteiger partial charge < -0.3 is 15.0 Å². The zero-order valence-electron chi connectivity index (χ0n) is 14.7. The highest BCUT2D eigenvalue weighted by Crippen LogP contribution is 2.30. The lowest BCUT2D eigenvalue weighted by molar-refractivity contribution is -0.155. The van der Waals surface area contributed by atoms with Crippen molar-refractivity contribution in [3.05, 3.63) is 30.1 Å². The Balaban J connectivity index is 1.93. The lowest BCUT2D eigenvalue weighted by Gasteiger charge is -2.35. The van der Waals surface area contributed by atoms with Crippen LogP contribution in [-0.4, -0.2) is 41.4 Å². The molecule has 1 aliphatic carbocycles. The van der Waals surface area contributed by atoms with Crippen molar-refractivity contribution >= 4 is 23.5 Å². The number of esters is 1. The molecule has 0 aromatic heterocycles. The fraction of sp³-hybridized carbons (Fsp3) is 0.500. The van der Waals surface area contributed by atoms with Gasteiger partial charge in [0.05, 0.1) is 5.92 Å². The Hall–Kier alpha value is -2.44. The van der Waals surface area contributed by atoms with E-state index in [4.69, 9.17) is 4.74 Å². The molecule has 0 heterocycles. The number of hydrogen-bond donors (Lipinski definition) is 1. The summed E-state index contributed by atoms with van der Waals surface area (Å²) >= 11 is 0. The van der Waals surface area contributed by atoms with Gasteiger partial charge in [0.1, 0.15) is 12.4 Å². The first-order valence-corrected chi connectivity index (χ1v) is 8.19. The molecule has 1 aromatic carbocycles. The highest BCUT2D eigenvalue weighted by Gasteiger charge is 2.33. The Morgan fingerprint density at radius 1 is 1.20 bits per heavy atom. The molecule has 0 radical (unpaired) electrons. The van der Waals surface area contributed by atoms with Crippen molar-refractivity contribution in [3.8, 4) is 0 Å². The molecule has 0 atom stereocenters. The number of benzene rings is 1. The summed E-state index contributed by atoms with van der Waals surface area (Å²) < 4.78 is 17.9. The summed E-state index contributed by atoms with van der Waals surface area (Å²) in [6.07, 6.45) is 1.60. The second-order valence-electron chi connectivity index (χ2n) is 7.09. The number of ether oxygens (including phenoxy) is 1. The first-order chi connectivity index (χ1) is 11.7. The van der Waals surface area contributed by atoms with Crippen LogP contribution < -0.4 is 5.32 Å². The molecule has 0 aliphatic heterocycles. The number of carbonyl (C=O) groups is 3. The summed E-state index contributed by atoms with van der Waals surface area (Å²) in [5, 5.41) is 2.61. The van der Waals surface area contributed by atoms with Crippen LogP contribution in [0.4, 0.5) is 10.1 Å². The topological polar surface area (TPSA) is 75.7 Å². The molecule has 0 bridgehead atoms. The van der Waals surface area contributed by atoms with Crippen molar-refractivity contribution in [2.75, 3.05) is 18.5 Å². The van der Waals surface area contributed by atoms with Gasteiger partial charge in [0.15, 0.2) is 6.61 Å². The van der Waals surface area contributed by atoms with Crippen LogP contribution in [0, 0.1) is 11.7 Å². The standard InChI is InChI=1S/C18H23FN2O4/c1-18(2,3)21(16(23)11-25-17(24)12-4-5-12)10-15(22)20-14-8-6-13(19)7-9-14/h6-9,12H,4-5,10-11H2,1-3H3,(H,20,22). The predicted molar refractivity (Wildman–Crippen MR) is 90.2 cm³/mol. The normalized spacial score (nSPS) is 13.9. The van der Waals surface area contributed by atoms with Crippen molar-refractivity contribution in [1.29, 1.82) is 0 Å². The minimum Gasteiger partial charge on any atom is -0.455 e. The number of nitrogens with zero attached hydrogens (tertiary/aromatic N) is 1. The fourth-order valence-electron chi connectivity index (χ4n) is 2.22. The quantitative estimate of drug-likeness (QED) is 0.799. The molecular weight excluding hydrogens is 327 g/mol. The number of carbonyl (C=O) groups excluding carboxylic acids is 3. The van der Waals surface area contributed by atoms with E-state index in [2.05, 4.69) is 5.32 Å². The molecule has 1 aliphatic rings. The maximum absolute atomic E-state index is 12.9. The summed E-state index contributed by atoms with van der Waals surface area (Å²) in [7, 11) is 0. The second-order valence-corrected chi connectivity index (χ2v) is 7.09. The fourth-order valence-corrected chi connectivity index (χ4v) is 2.22. The molecule has 1 aromatic rings. The van der Waals surface area contributed by atoms with Crippen molar-refractivity contribution < 1.29 is 23.5 Å². The van der Waals surface area contributed by atoms with Crippen LogP contribution in [0.2, 0.25) is 0 Å². The molecule has 0 spiro atoms. The Kier molecular flexibility index (Phi) is 5.77. The zero-order chi connectivity index (χ0) is 18.6. The van der Waals surface area contributed by atoms with E-state index in [0.29, 0.717) is 5.69 Å². The monoisotopic (exact) mass is 350 g/mol. The van der Waals surface area contributed by atoms with E-state index in [1.54, 1.807) is 20.8 Å². The summed E-state index contributed by atoms with van der Waals surface area (Å²) in [6, 6.07) is 5.35. The lowest BCUT2D eigenvalue weighted by atomic mass is 10.1. The van der Waals surface area contributed by atoms with Gasteiger partial charge in [-0.3, -0.25) is 14.4 Å². The molecule has 25 heavy (non-hydrogen) atoms. The minimum absolute atomic E-state index is 0.0855. The Labute approximate surface area is 146 Å². The van der Waals surface area contributed by atoms with Gasteiger partial charge in [0, 0.05) is 11.2 Å². The molecule has 6 nitrogen and oxygen atoms in total. The molecule has 136 valence electrons. The average Bonchev–Trinajstić information content (AvgIpc) is 3.36. The van der Waals surface area contributed by atoms with Gasteiger partial charge in [-0.1, -0.05) is 0 Å². The highest BCUT2D eigenvalue weighted by molar-refractivity contribution is 5.95. The van der Waals surface area contributed by atoms with Crippen LogP contribution in [0.1, 0.15) is 33.6 Å². The van der Waals surface area contributed by atoms with Gasteiger partial charge in [-0.25, -0.2) is 4.39 Å². The smallest absolute Gasteiger partial charge is 0.309 e. The average molecular weight is 350 g/mol. The molecule has 1 N–H and O–H groups in total. The summed E-state index contributed by atoms with van der Waals surface area (Å²) in [5.74, 6) is -1.70. The Morgan fingerprint density at radius 3 is 2.32 bits per heavy atom. The van der Waals surface area contributed by atoms with Crippen molar-refractivity contribution in [1.82, 2.24) is 4.90 Å². The first-order valence-electron chi connectivity index (χ1n) is 8.19. The van der Waals surface area contributed by atoms with Crippen LogP contribution in [0.25, 0.3) is 0 Å². The summed E-state index contributed by atoms with van der Waals surface area (Å²) in [4.78, 5) is 37.5. The number of halogens is 1. The van der Waals surface area contributed by atoms with Crippen LogP contribution in [0.15, 0.2) is 24.3 Å². The van der Waals surface area contributed by atoms with E-state index >= 15 is 0 Å². The molecular formula is C18H23FN2O4. The van der Waals surface area contributed by atoms with Crippen LogP contribution in [0.3, 0.4) is 0 Å². The lowest BCUT2D eigenvalue weighted by Crippen LogP contribution is -2.50. The first kappa shape index (κ1) is 18.9. The third-order valence-corrected chi connectivity index (χ3v) is 3.79. The van der Waals surface area contributed by atoms with Crippen LogP contribution >= 0.6 is 0 Å². The van der Waals surface area contributed by atoms with E-state index < -0.39 is 23.2 Å². The van der Waals surface area contributed by atoms with Crippen molar-refractivity contribution in [2.45, 2.75) is 39.2 Å².